The quantitative estimate of drug-likeness (QED) is 0.451. The van der Waals surface area contributed by atoms with E-state index in [1.807, 2.05) is 66.7 Å². The van der Waals surface area contributed by atoms with Crippen LogP contribution in [0, 0.1) is 5.92 Å². The average molecular weight is 476 g/mol. The number of hydrogen-bond donors (Lipinski definition) is 1. The van der Waals surface area contributed by atoms with Gasteiger partial charge in [-0.3, -0.25) is 0 Å². The summed E-state index contributed by atoms with van der Waals surface area (Å²) in [5.74, 6) is -0.142. The summed E-state index contributed by atoms with van der Waals surface area (Å²) in [6.45, 7) is 1.92. The highest BCUT2D eigenvalue weighted by molar-refractivity contribution is 5.95. The molecule has 0 bridgehead atoms. The van der Waals surface area contributed by atoms with E-state index < -0.39 is 18.2 Å². The largest absolute Gasteiger partial charge is 0.482 e. The van der Waals surface area contributed by atoms with Crippen molar-refractivity contribution in [3.8, 4) is 5.75 Å². The SMILES string of the molecule is CCOC(=O)COc1cccc2c1CC[C@H](COC(=O)N(c1ccccc1)c1ccccc1)[C@H]2O. The second-order valence-electron chi connectivity index (χ2n) is 8.24. The number of ether oxygens (including phenoxy) is 3. The molecule has 0 fully saturated rings. The lowest BCUT2D eigenvalue weighted by molar-refractivity contribution is -0.145. The third-order valence-electron chi connectivity index (χ3n) is 5.98. The molecule has 35 heavy (non-hydrogen) atoms. The van der Waals surface area contributed by atoms with Crippen LogP contribution >= 0.6 is 0 Å². The van der Waals surface area contributed by atoms with Crippen molar-refractivity contribution in [2.24, 2.45) is 5.92 Å². The molecule has 7 nitrogen and oxygen atoms in total. The van der Waals surface area contributed by atoms with Crippen LogP contribution < -0.4 is 9.64 Å². The maximum absolute atomic E-state index is 13.2. The molecule has 1 aliphatic rings. The number of fused-ring (bicyclic) bond motifs is 1. The van der Waals surface area contributed by atoms with E-state index in [0.717, 1.165) is 11.1 Å². The molecule has 0 aliphatic heterocycles. The normalized spacial score (nSPS) is 16.6. The van der Waals surface area contributed by atoms with Gasteiger partial charge in [-0.25, -0.2) is 14.5 Å². The Hall–Kier alpha value is -3.84. The zero-order chi connectivity index (χ0) is 24.6. The molecule has 7 heteroatoms. The molecule has 0 aromatic heterocycles. The lowest BCUT2D eigenvalue weighted by Crippen LogP contribution is -2.31. The van der Waals surface area contributed by atoms with Gasteiger partial charge in [0.25, 0.3) is 0 Å². The molecule has 1 aliphatic carbocycles. The van der Waals surface area contributed by atoms with E-state index in [1.54, 1.807) is 19.1 Å². The van der Waals surface area contributed by atoms with Gasteiger partial charge in [0.1, 0.15) is 5.75 Å². The molecule has 3 aromatic rings. The van der Waals surface area contributed by atoms with Crippen molar-refractivity contribution in [2.45, 2.75) is 25.9 Å². The number of carbonyl (C=O) groups excluding carboxylic acids is 2. The van der Waals surface area contributed by atoms with Crippen LogP contribution in [0.3, 0.4) is 0 Å². The summed E-state index contributed by atoms with van der Waals surface area (Å²) < 4.78 is 16.3. The molecule has 4 rings (SSSR count). The highest BCUT2D eigenvalue weighted by Gasteiger charge is 2.32. The summed E-state index contributed by atoms with van der Waals surface area (Å²) in [6.07, 6.45) is -0.0847. The Morgan fingerprint density at radius 1 is 0.914 bits per heavy atom. The number of para-hydroxylation sites is 2. The van der Waals surface area contributed by atoms with E-state index in [-0.39, 0.29) is 19.1 Å². The molecule has 1 N–H and O–H groups in total. The number of aliphatic hydroxyl groups is 1. The Balaban J connectivity index is 1.44. The van der Waals surface area contributed by atoms with Crippen molar-refractivity contribution in [3.63, 3.8) is 0 Å². The van der Waals surface area contributed by atoms with Gasteiger partial charge in [0.15, 0.2) is 6.61 Å². The number of rotatable bonds is 8. The van der Waals surface area contributed by atoms with Crippen LogP contribution in [0.5, 0.6) is 5.75 Å². The summed E-state index contributed by atoms with van der Waals surface area (Å²) in [5.41, 5.74) is 2.98. The summed E-state index contributed by atoms with van der Waals surface area (Å²) in [4.78, 5) is 26.3. The van der Waals surface area contributed by atoms with E-state index in [9.17, 15) is 14.7 Å². The zero-order valence-corrected chi connectivity index (χ0v) is 19.6. The second kappa shape index (κ2) is 11.5. The zero-order valence-electron chi connectivity index (χ0n) is 19.6. The van der Waals surface area contributed by atoms with Gasteiger partial charge in [0.2, 0.25) is 0 Å². The second-order valence-corrected chi connectivity index (χ2v) is 8.24. The number of hydrogen-bond acceptors (Lipinski definition) is 6. The standard InChI is InChI=1S/C28H29NO6/c1-2-33-26(30)19-34-25-15-9-14-24-23(25)17-16-20(27(24)31)18-35-28(32)29(21-10-5-3-6-11-21)22-12-7-4-8-13-22/h3-15,20,27,31H,2,16-19H2,1H3/t20-,27-/m1/s1. The lowest BCUT2D eigenvalue weighted by Gasteiger charge is -2.31. The molecule has 1 amide bonds. The molecule has 0 unspecified atom stereocenters. The van der Waals surface area contributed by atoms with Crippen molar-refractivity contribution in [1.29, 1.82) is 0 Å². The molecule has 0 heterocycles. The third-order valence-corrected chi connectivity index (χ3v) is 5.98. The van der Waals surface area contributed by atoms with Crippen LogP contribution in [0.4, 0.5) is 16.2 Å². The highest BCUT2D eigenvalue weighted by Crippen LogP contribution is 2.39. The molecule has 182 valence electrons. The van der Waals surface area contributed by atoms with Crippen LogP contribution in [0.25, 0.3) is 0 Å². The fourth-order valence-corrected chi connectivity index (χ4v) is 4.27. The first-order chi connectivity index (χ1) is 17.1. The number of aliphatic hydroxyl groups excluding tert-OH is 1. The van der Waals surface area contributed by atoms with Gasteiger partial charge in [-0.2, -0.15) is 0 Å². The Bertz CT molecular complexity index is 1100. The molecule has 3 aromatic carbocycles. The van der Waals surface area contributed by atoms with E-state index in [2.05, 4.69) is 0 Å². The van der Waals surface area contributed by atoms with Crippen LogP contribution in [-0.2, 0) is 20.7 Å². The summed E-state index contributed by atoms with van der Waals surface area (Å²) in [5, 5.41) is 11.0. The van der Waals surface area contributed by atoms with Crippen LogP contribution in [0.2, 0.25) is 0 Å². The fraction of sp³-hybridized carbons (Fsp3) is 0.286. The number of nitrogens with zero attached hydrogens (tertiary/aromatic N) is 1. The van der Waals surface area contributed by atoms with Gasteiger partial charge in [0, 0.05) is 5.92 Å². The Morgan fingerprint density at radius 2 is 1.57 bits per heavy atom. The van der Waals surface area contributed by atoms with Gasteiger partial charge < -0.3 is 19.3 Å². The van der Waals surface area contributed by atoms with Crippen LogP contribution in [-0.4, -0.2) is 37.0 Å². The lowest BCUT2D eigenvalue weighted by atomic mass is 9.81. The number of anilines is 2. The van der Waals surface area contributed by atoms with Crippen molar-refractivity contribution in [2.75, 3.05) is 24.7 Å². The maximum atomic E-state index is 13.2. The van der Waals surface area contributed by atoms with Gasteiger partial charge in [-0.05, 0) is 61.2 Å². The molecule has 0 spiro atoms. The summed E-state index contributed by atoms with van der Waals surface area (Å²) in [6, 6.07) is 24.0. The van der Waals surface area contributed by atoms with Crippen molar-refractivity contribution < 1.29 is 28.9 Å². The number of amides is 1. The van der Waals surface area contributed by atoms with Gasteiger partial charge in [0.05, 0.1) is 30.7 Å². The van der Waals surface area contributed by atoms with Crippen LogP contribution in [0.1, 0.15) is 30.6 Å². The van der Waals surface area contributed by atoms with E-state index in [1.165, 1.54) is 4.90 Å². The molecule has 0 saturated carbocycles. The average Bonchev–Trinajstić information content (AvgIpc) is 2.89. The first kappa shape index (κ1) is 24.3. The third kappa shape index (κ3) is 5.81. The summed E-state index contributed by atoms with van der Waals surface area (Å²) in [7, 11) is 0. The van der Waals surface area contributed by atoms with Gasteiger partial charge in [-0.1, -0.05) is 48.5 Å². The van der Waals surface area contributed by atoms with Crippen LogP contribution in [0.15, 0.2) is 78.9 Å². The van der Waals surface area contributed by atoms with Crippen molar-refractivity contribution >= 4 is 23.4 Å². The van der Waals surface area contributed by atoms with Gasteiger partial charge >= 0.3 is 12.1 Å². The smallest absolute Gasteiger partial charge is 0.418 e. The predicted molar refractivity (Wildman–Crippen MR) is 132 cm³/mol. The van der Waals surface area contributed by atoms with Crippen molar-refractivity contribution in [3.05, 3.63) is 90.0 Å². The minimum Gasteiger partial charge on any atom is -0.482 e. The molecular formula is C28H29NO6. The number of carbonyl (C=O) groups is 2. The topological polar surface area (TPSA) is 85.3 Å². The number of benzene rings is 3. The molecular weight excluding hydrogens is 446 g/mol. The predicted octanol–water partition coefficient (Wildman–Crippen LogP) is 5.20. The molecule has 0 radical (unpaired) electrons. The Labute approximate surface area is 204 Å². The minimum atomic E-state index is -0.820. The Kier molecular flexibility index (Phi) is 8.00. The highest BCUT2D eigenvalue weighted by atomic mass is 16.6. The van der Waals surface area contributed by atoms with Gasteiger partial charge in [-0.15, -0.1) is 0 Å². The summed E-state index contributed by atoms with van der Waals surface area (Å²) >= 11 is 0. The number of esters is 1. The molecule has 0 saturated heterocycles. The maximum Gasteiger partial charge on any atom is 0.418 e. The monoisotopic (exact) mass is 475 g/mol. The first-order valence-corrected chi connectivity index (χ1v) is 11.7. The molecule has 2 atom stereocenters. The minimum absolute atomic E-state index is 0.0729. The van der Waals surface area contributed by atoms with E-state index in [0.29, 0.717) is 36.6 Å². The Morgan fingerprint density at radius 3 is 2.20 bits per heavy atom. The fourth-order valence-electron chi connectivity index (χ4n) is 4.27. The van der Waals surface area contributed by atoms with Crippen molar-refractivity contribution in [1.82, 2.24) is 0 Å². The van der Waals surface area contributed by atoms with E-state index in [4.69, 9.17) is 14.2 Å². The van der Waals surface area contributed by atoms with E-state index >= 15 is 0 Å². The first-order valence-electron chi connectivity index (χ1n) is 11.7.